The summed E-state index contributed by atoms with van der Waals surface area (Å²) in [6.45, 7) is 16.0. The number of hydrogen-bond acceptors (Lipinski definition) is 3. The molecule has 0 aliphatic heterocycles. The van der Waals surface area contributed by atoms with Gasteiger partial charge < -0.3 is 15.3 Å². The van der Waals surface area contributed by atoms with Gasteiger partial charge >= 0.3 is 17.9 Å². The quantitative estimate of drug-likeness (QED) is 0.241. The summed E-state index contributed by atoms with van der Waals surface area (Å²) in [6, 6.07) is 10.0. The Balaban J connectivity index is -0.000000380. The van der Waals surface area contributed by atoms with Crippen LogP contribution < -0.4 is 0 Å². The van der Waals surface area contributed by atoms with E-state index in [1.807, 2.05) is 43.3 Å². The Labute approximate surface area is 205 Å². The zero-order chi connectivity index (χ0) is 26.9. The van der Waals surface area contributed by atoms with Crippen molar-refractivity contribution < 1.29 is 29.7 Å². The molecule has 1 aromatic carbocycles. The highest BCUT2D eigenvalue weighted by Gasteiger charge is 2.00. The topological polar surface area (TPSA) is 112 Å². The van der Waals surface area contributed by atoms with Crippen molar-refractivity contribution in [2.24, 2.45) is 0 Å². The van der Waals surface area contributed by atoms with Crippen LogP contribution in [0.15, 0.2) is 72.4 Å². The van der Waals surface area contributed by atoms with Crippen molar-refractivity contribution in [3.63, 3.8) is 0 Å². The van der Waals surface area contributed by atoms with Gasteiger partial charge in [0.15, 0.2) is 0 Å². The minimum Gasteiger partial charge on any atom is -0.478 e. The lowest BCUT2D eigenvalue weighted by molar-refractivity contribution is -0.133. The zero-order valence-corrected chi connectivity index (χ0v) is 21.3. The molecule has 0 heterocycles. The fourth-order valence-electron chi connectivity index (χ4n) is 1.82. The number of hydrogen-bond donors (Lipinski definition) is 3. The second kappa shape index (κ2) is 24.2. The first kappa shape index (κ1) is 35.2. The van der Waals surface area contributed by atoms with Crippen LogP contribution in [0.5, 0.6) is 0 Å². The maximum absolute atomic E-state index is 10.2. The predicted molar refractivity (Wildman–Crippen MR) is 141 cm³/mol. The van der Waals surface area contributed by atoms with Crippen LogP contribution in [0.3, 0.4) is 0 Å². The van der Waals surface area contributed by atoms with Gasteiger partial charge in [-0.3, -0.25) is 0 Å². The van der Waals surface area contributed by atoms with Crippen molar-refractivity contribution in [2.75, 3.05) is 0 Å². The van der Waals surface area contributed by atoms with E-state index in [-0.39, 0.29) is 0 Å². The van der Waals surface area contributed by atoms with Gasteiger partial charge in [0.1, 0.15) is 0 Å². The van der Waals surface area contributed by atoms with E-state index in [0.717, 1.165) is 32.1 Å². The van der Waals surface area contributed by atoms with Crippen molar-refractivity contribution in [1.82, 2.24) is 0 Å². The Kier molecular flexibility index (Phi) is 25.1. The molecule has 1 rings (SSSR count). The first-order valence-electron chi connectivity index (χ1n) is 11.3. The van der Waals surface area contributed by atoms with E-state index in [0.29, 0.717) is 23.1 Å². The van der Waals surface area contributed by atoms with Crippen molar-refractivity contribution in [3.05, 3.63) is 77.9 Å². The maximum Gasteiger partial charge on any atom is 0.330 e. The minimum atomic E-state index is -0.872. The third-order valence-electron chi connectivity index (χ3n) is 4.29. The van der Waals surface area contributed by atoms with Crippen LogP contribution in [0.2, 0.25) is 0 Å². The molecule has 1 aromatic rings. The second-order valence-corrected chi connectivity index (χ2v) is 7.24. The lowest BCUT2D eigenvalue weighted by atomic mass is 10.1. The molecule has 0 fully saturated rings. The Bertz CT molecular complexity index is 788. The zero-order valence-electron chi connectivity index (χ0n) is 21.3. The van der Waals surface area contributed by atoms with Gasteiger partial charge in [-0.25, -0.2) is 14.4 Å². The monoisotopic (exact) mass is 474 g/mol. The van der Waals surface area contributed by atoms with Crippen LogP contribution in [0, 0.1) is 0 Å². The number of carboxylic acid groups (broad SMARTS) is 3. The summed E-state index contributed by atoms with van der Waals surface area (Å²) in [6.07, 6.45) is 10.8. The van der Waals surface area contributed by atoms with E-state index >= 15 is 0 Å². The van der Waals surface area contributed by atoms with Gasteiger partial charge in [-0.15, -0.1) is 0 Å². The molecule has 6 nitrogen and oxygen atoms in total. The van der Waals surface area contributed by atoms with E-state index < -0.39 is 17.9 Å². The fourth-order valence-corrected chi connectivity index (χ4v) is 1.82. The van der Waals surface area contributed by atoms with E-state index in [9.17, 15) is 14.4 Å². The average Bonchev–Trinajstić information content (AvgIpc) is 2.83. The van der Waals surface area contributed by atoms with Gasteiger partial charge in [0.05, 0.1) is 0 Å². The van der Waals surface area contributed by atoms with Crippen LogP contribution >= 0.6 is 0 Å². The lowest BCUT2D eigenvalue weighted by Gasteiger charge is -1.95. The molecule has 0 aliphatic carbocycles. The Morgan fingerprint density at radius 3 is 1.65 bits per heavy atom. The standard InChI is InChI=1S/C8H14O2.C8H8.C7H12O2.C5H8O2/c1-3-4-5-6-7(2)8(9)10;1-2-8-6-4-3-5-7-8;1-3-4-5-6(2)7(8)9;1-3-4(2)5(6)7/h6H,3-5H2,1-2H3,(H,9,10);2-7H,1H2;2-5H2,1H3,(H,8,9);3H,1-2H3,(H,6,7)/b7-6+;;;4-3+. The molecule has 34 heavy (non-hydrogen) atoms. The summed E-state index contributed by atoms with van der Waals surface area (Å²) < 4.78 is 0. The summed E-state index contributed by atoms with van der Waals surface area (Å²) in [5.74, 6) is -2.53. The Morgan fingerprint density at radius 2 is 1.35 bits per heavy atom. The molecule has 0 spiro atoms. The van der Waals surface area contributed by atoms with Crippen LogP contribution in [0.25, 0.3) is 6.08 Å². The average molecular weight is 475 g/mol. The highest BCUT2D eigenvalue weighted by Crippen LogP contribution is 2.03. The Morgan fingerprint density at radius 1 is 0.853 bits per heavy atom. The molecule has 190 valence electrons. The second-order valence-electron chi connectivity index (χ2n) is 7.24. The molecule has 3 N–H and O–H groups in total. The number of aliphatic carboxylic acids is 3. The molecule has 0 aliphatic rings. The van der Waals surface area contributed by atoms with Gasteiger partial charge in [0, 0.05) is 16.7 Å². The number of benzene rings is 1. The van der Waals surface area contributed by atoms with Crippen LogP contribution in [-0.2, 0) is 14.4 Å². The maximum atomic E-state index is 10.2. The first-order valence-corrected chi connectivity index (χ1v) is 11.3. The van der Waals surface area contributed by atoms with Gasteiger partial charge in [0.2, 0.25) is 0 Å². The molecular weight excluding hydrogens is 432 g/mol. The number of carbonyl (C=O) groups is 3. The van der Waals surface area contributed by atoms with Gasteiger partial charge in [-0.1, -0.05) is 94.8 Å². The van der Waals surface area contributed by atoms with Crippen molar-refractivity contribution in [2.45, 2.75) is 73.1 Å². The van der Waals surface area contributed by atoms with Gasteiger partial charge in [0.25, 0.3) is 0 Å². The SMILES string of the molecule is C/C=C(\C)C(=O)O.C=C(CCCC)C(=O)O.C=Cc1ccccc1.CCCC/C=C(\C)C(=O)O. The molecule has 6 heteroatoms. The molecule has 0 aromatic heterocycles. The summed E-state index contributed by atoms with van der Waals surface area (Å²) in [4.78, 5) is 30.2. The molecule has 0 amide bonds. The van der Waals surface area contributed by atoms with Crippen LogP contribution in [0.1, 0.15) is 78.7 Å². The third kappa shape index (κ3) is 24.9. The molecular formula is C28H42O6. The van der Waals surface area contributed by atoms with E-state index in [1.54, 1.807) is 32.9 Å². The number of allylic oxidation sites excluding steroid dienone is 2. The molecule has 0 radical (unpaired) electrons. The van der Waals surface area contributed by atoms with Gasteiger partial charge in [-0.2, -0.15) is 0 Å². The number of carboxylic acids is 3. The number of rotatable bonds is 10. The van der Waals surface area contributed by atoms with Gasteiger partial charge in [-0.05, 0) is 45.6 Å². The molecule has 0 bridgehead atoms. The van der Waals surface area contributed by atoms with Crippen LogP contribution in [-0.4, -0.2) is 33.2 Å². The molecule has 0 atom stereocenters. The largest absolute Gasteiger partial charge is 0.478 e. The van der Waals surface area contributed by atoms with Crippen molar-refractivity contribution in [3.8, 4) is 0 Å². The van der Waals surface area contributed by atoms with E-state index in [1.165, 1.54) is 5.56 Å². The smallest absolute Gasteiger partial charge is 0.330 e. The predicted octanol–water partition coefficient (Wildman–Crippen LogP) is 7.39. The number of unbranched alkanes of at least 4 members (excludes halogenated alkanes) is 3. The molecule has 0 unspecified atom stereocenters. The van der Waals surface area contributed by atoms with Crippen molar-refractivity contribution >= 4 is 24.0 Å². The van der Waals surface area contributed by atoms with Crippen LogP contribution in [0.4, 0.5) is 0 Å². The lowest BCUT2D eigenvalue weighted by Crippen LogP contribution is -1.97. The fraction of sp³-hybridized carbons (Fsp3) is 0.393. The highest BCUT2D eigenvalue weighted by atomic mass is 16.4. The van der Waals surface area contributed by atoms with E-state index in [4.69, 9.17) is 15.3 Å². The van der Waals surface area contributed by atoms with E-state index in [2.05, 4.69) is 20.1 Å². The minimum absolute atomic E-state index is 0.317. The summed E-state index contributed by atoms with van der Waals surface area (Å²) in [5.41, 5.74) is 2.33. The summed E-state index contributed by atoms with van der Waals surface area (Å²) in [7, 11) is 0. The highest BCUT2D eigenvalue weighted by molar-refractivity contribution is 5.86. The Hall–Kier alpha value is -3.41. The normalized spacial score (nSPS) is 10.1. The molecule has 0 saturated carbocycles. The third-order valence-corrected chi connectivity index (χ3v) is 4.29. The molecule has 0 saturated heterocycles. The summed E-state index contributed by atoms with van der Waals surface area (Å²) in [5, 5.41) is 24.8. The summed E-state index contributed by atoms with van der Waals surface area (Å²) >= 11 is 0. The van der Waals surface area contributed by atoms with Crippen molar-refractivity contribution in [1.29, 1.82) is 0 Å². The first-order chi connectivity index (χ1) is 16.0.